The third-order valence-corrected chi connectivity index (χ3v) is 4.17. The van der Waals surface area contributed by atoms with Crippen molar-refractivity contribution in [3.8, 4) is 11.5 Å². The molecule has 0 radical (unpaired) electrons. The first-order valence-electron chi connectivity index (χ1n) is 6.82. The Kier molecular flexibility index (Phi) is 5.13. The third kappa shape index (κ3) is 3.37. The van der Waals surface area contributed by atoms with Gasteiger partial charge in [0.25, 0.3) is 0 Å². The Morgan fingerprint density at radius 1 is 1.35 bits per heavy atom. The molecule has 1 heterocycles. The van der Waals surface area contributed by atoms with Crippen molar-refractivity contribution < 1.29 is 14.6 Å². The standard InChI is InChI=1S/C15H22ClNO3/c1-17-5-4-13(18)11(9-17)6-10-7-12(16)15(20-3)14(8-10)19-2/h7-8,11,13,18H,4-6,9H2,1-3H3. The molecule has 1 aliphatic rings. The Labute approximate surface area is 125 Å². The van der Waals surface area contributed by atoms with E-state index >= 15 is 0 Å². The minimum Gasteiger partial charge on any atom is -0.493 e. The van der Waals surface area contributed by atoms with Crippen molar-refractivity contribution in [2.75, 3.05) is 34.4 Å². The molecule has 0 aliphatic carbocycles. The van der Waals surface area contributed by atoms with Crippen LogP contribution in [0.1, 0.15) is 12.0 Å². The summed E-state index contributed by atoms with van der Waals surface area (Å²) in [6.07, 6.45) is 1.35. The number of piperidine rings is 1. The molecule has 0 bridgehead atoms. The van der Waals surface area contributed by atoms with Gasteiger partial charge in [0.15, 0.2) is 11.5 Å². The highest BCUT2D eigenvalue weighted by atomic mass is 35.5. The zero-order valence-corrected chi connectivity index (χ0v) is 13.0. The molecule has 1 aromatic rings. The van der Waals surface area contributed by atoms with Crippen LogP contribution in [0.5, 0.6) is 11.5 Å². The Balaban J connectivity index is 2.18. The third-order valence-electron chi connectivity index (χ3n) is 3.89. The minimum atomic E-state index is -0.252. The fraction of sp³-hybridized carbons (Fsp3) is 0.600. The smallest absolute Gasteiger partial charge is 0.179 e. The van der Waals surface area contributed by atoms with Crippen LogP contribution >= 0.6 is 11.6 Å². The van der Waals surface area contributed by atoms with Gasteiger partial charge in [-0.2, -0.15) is 0 Å². The molecule has 1 aliphatic heterocycles. The van der Waals surface area contributed by atoms with Gasteiger partial charge in [-0.15, -0.1) is 0 Å². The second kappa shape index (κ2) is 6.66. The zero-order chi connectivity index (χ0) is 14.7. The maximum Gasteiger partial charge on any atom is 0.179 e. The number of hydrogen-bond donors (Lipinski definition) is 1. The van der Waals surface area contributed by atoms with Gasteiger partial charge in [-0.3, -0.25) is 0 Å². The number of methoxy groups -OCH3 is 2. The zero-order valence-electron chi connectivity index (χ0n) is 12.2. The first-order chi connectivity index (χ1) is 9.55. The summed E-state index contributed by atoms with van der Waals surface area (Å²) >= 11 is 6.22. The largest absolute Gasteiger partial charge is 0.493 e. The lowest BCUT2D eigenvalue weighted by atomic mass is 9.89. The average Bonchev–Trinajstić information content (AvgIpc) is 2.42. The van der Waals surface area contributed by atoms with E-state index in [0.717, 1.165) is 31.5 Å². The predicted molar refractivity (Wildman–Crippen MR) is 79.9 cm³/mol. The van der Waals surface area contributed by atoms with E-state index in [2.05, 4.69) is 11.9 Å². The van der Waals surface area contributed by atoms with Gasteiger partial charge in [-0.05, 0) is 37.6 Å². The van der Waals surface area contributed by atoms with Gasteiger partial charge in [-0.1, -0.05) is 11.6 Å². The fourth-order valence-electron chi connectivity index (χ4n) is 2.79. The molecule has 1 N–H and O–H groups in total. The monoisotopic (exact) mass is 299 g/mol. The van der Waals surface area contributed by atoms with Crippen molar-refractivity contribution in [1.82, 2.24) is 4.90 Å². The van der Waals surface area contributed by atoms with Crippen LogP contribution in [-0.4, -0.2) is 50.5 Å². The molecule has 0 spiro atoms. The van der Waals surface area contributed by atoms with Crippen LogP contribution in [0.15, 0.2) is 12.1 Å². The lowest BCUT2D eigenvalue weighted by Gasteiger charge is -2.34. The Hall–Kier alpha value is -0.970. The highest BCUT2D eigenvalue weighted by molar-refractivity contribution is 6.32. The molecule has 0 amide bonds. The number of aliphatic hydroxyl groups is 1. The van der Waals surface area contributed by atoms with E-state index in [1.165, 1.54) is 0 Å². The van der Waals surface area contributed by atoms with Crippen molar-refractivity contribution in [3.05, 3.63) is 22.7 Å². The molecule has 1 aromatic carbocycles. The highest BCUT2D eigenvalue weighted by Gasteiger charge is 2.26. The Morgan fingerprint density at radius 3 is 2.75 bits per heavy atom. The van der Waals surface area contributed by atoms with Crippen LogP contribution in [0.3, 0.4) is 0 Å². The minimum absolute atomic E-state index is 0.225. The summed E-state index contributed by atoms with van der Waals surface area (Å²) in [6.45, 7) is 1.84. The van der Waals surface area contributed by atoms with Gasteiger partial charge in [0.2, 0.25) is 0 Å². The molecule has 112 valence electrons. The quantitative estimate of drug-likeness (QED) is 0.925. The molecule has 1 fully saturated rings. The van der Waals surface area contributed by atoms with Gasteiger partial charge in [0.1, 0.15) is 0 Å². The summed E-state index contributed by atoms with van der Waals surface area (Å²) in [5.74, 6) is 1.41. The SMILES string of the molecule is COc1cc(CC2CN(C)CCC2O)cc(Cl)c1OC. The number of likely N-dealkylation sites (tertiary alicyclic amines) is 1. The molecule has 5 heteroatoms. The van der Waals surface area contributed by atoms with Crippen molar-refractivity contribution in [2.24, 2.45) is 5.92 Å². The lowest BCUT2D eigenvalue weighted by molar-refractivity contribution is 0.0366. The molecule has 20 heavy (non-hydrogen) atoms. The van der Waals surface area contributed by atoms with Gasteiger partial charge in [0, 0.05) is 19.0 Å². The molecule has 1 saturated heterocycles. The predicted octanol–water partition coefficient (Wildman–Crippen LogP) is 2.21. The van der Waals surface area contributed by atoms with E-state index in [4.69, 9.17) is 21.1 Å². The highest BCUT2D eigenvalue weighted by Crippen LogP contribution is 2.37. The topological polar surface area (TPSA) is 41.9 Å². The lowest BCUT2D eigenvalue weighted by Crippen LogP contribution is -2.41. The number of halogens is 1. The number of aliphatic hydroxyl groups excluding tert-OH is 1. The van der Waals surface area contributed by atoms with E-state index < -0.39 is 0 Å². The van der Waals surface area contributed by atoms with Gasteiger partial charge >= 0.3 is 0 Å². The average molecular weight is 300 g/mol. The summed E-state index contributed by atoms with van der Waals surface area (Å²) < 4.78 is 10.5. The van der Waals surface area contributed by atoms with Gasteiger partial charge in [0.05, 0.1) is 25.3 Å². The van der Waals surface area contributed by atoms with Crippen molar-refractivity contribution in [2.45, 2.75) is 18.9 Å². The number of rotatable bonds is 4. The first-order valence-corrected chi connectivity index (χ1v) is 7.20. The number of nitrogens with zero attached hydrogens (tertiary/aromatic N) is 1. The second-order valence-electron chi connectivity index (χ2n) is 5.40. The Morgan fingerprint density at radius 2 is 2.10 bits per heavy atom. The molecule has 2 unspecified atom stereocenters. The second-order valence-corrected chi connectivity index (χ2v) is 5.80. The molecular formula is C15H22ClNO3. The molecular weight excluding hydrogens is 278 g/mol. The summed E-state index contributed by atoms with van der Waals surface area (Å²) in [6, 6.07) is 3.83. The maximum atomic E-state index is 10.1. The van der Waals surface area contributed by atoms with Crippen LogP contribution in [0, 0.1) is 5.92 Å². The molecule has 0 saturated carbocycles. The summed E-state index contributed by atoms with van der Waals surface area (Å²) in [7, 11) is 5.25. The summed E-state index contributed by atoms with van der Waals surface area (Å²) in [4.78, 5) is 2.25. The van der Waals surface area contributed by atoms with Crippen LogP contribution in [0.2, 0.25) is 5.02 Å². The van der Waals surface area contributed by atoms with E-state index in [-0.39, 0.29) is 12.0 Å². The fourth-order valence-corrected chi connectivity index (χ4v) is 3.10. The first kappa shape index (κ1) is 15.4. The van der Waals surface area contributed by atoms with Crippen molar-refractivity contribution in [1.29, 1.82) is 0 Å². The van der Waals surface area contributed by atoms with E-state index in [1.54, 1.807) is 14.2 Å². The van der Waals surface area contributed by atoms with E-state index in [1.807, 2.05) is 12.1 Å². The van der Waals surface area contributed by atoms with Crippen LogP contribution in [0.4, 0.5) is 0 Å². The van der Waals surface area contributed by atoms with Crippen LogP contribution in [-0.2, 0) is 6.42 Å². The molecule has 0 aromatic heterocycles. The molecule has 2 atom stereocenters. The Bertz CT molecular complexity index is 467. The number of benzene rings is 1. The number of hydrogen-bond acceptors (Lipinski definition) is 4. The summed E-state index contributed by atoms with van der Waals surface area (Å²) in [5.41, 5.74) is 1.06. The van der Waals surface area contributed by atoms with Crippen molar-refractivity contribution in [3.63, 3.8) is 0 Å². The normalized spacial score (nSPS) is 23.6. The maximum absolute atomic E-state index is 10.1. The van der Waals surface area contributed by atoms with Crippen LogP contribution < -0.4 is 9.47 Å². The number of ether oxygens (including phenoxy) is 2. The molecule has 2 rings (SSSR count). The van der Waals surface area contributed by atoms with Crippen molar-refractivity contribution >= 4 is 11.6 Å². The molecule has 4 nitrogen and oxygen atoms in total. The van der Waals surface area contributed by atoms with E-state index in [0.29, 0.717) is 16.5 Å². The van der Waals surface area contributed by atoms with E-state index in [9.17, 15) is 5.11 Å². The van der Waals surface area contributed by atoms with Crippen LogP contribution in [0.25, 0.3) is 0 Å². The van der Waals surface area contributed by atoms with Gasteiger partial charge < -0.3 is 19.5 Å². The summed E-state index contributed by atoms with van der Waals surface area (Å²) in [5, 5.41) is 10.7. The van der Waals surface area contributed by atoms with Gasteiger partial charge in [-0.25, -0.2) is 0 Å².